The van der Waals surface area contributed by atoms with Gasteiger partial charge in [0.15, 0.2) is 0 Å². The molecule has 1 fully saturated rings. The smallest absolute Gasteiger partial charge is 0.416 e. The molecule has 1 atom stereocenters. The van der Waals surface area contributed by atoms with Crippen molar-refractivity contribution in [1.29, 1.82) is 0 Å². The number of hydrogen-bond acceptors (Lipinski definition) is 7. The summed E-state index contributed by atoms with van der Waals surface area (Å²) in [5, 5.41) is 1.02. The fourth-order valence-electron chi connectivity index (χ4n) is 5.46. The van der Waals surface area contributed by atoms with Gasteiger partial charge in [0.05, 0.1) is 41.3 Å². The molecule has 6 nitrogen and oxygen atoms in total. The van der Waals surface area contributed by atoms with Gasteiger partial charge in [-0.2, -0.15) is 13.2 Å². The molecular formula is C33H33Cl2F3N4O2S. The maximum atomic E-state index is 13.2. The number of piperidine rings is 1. The third-order valence-corrected chi connectivity index (χ3v) is 9.77. The molecule has 0 aliphatic carbocycles. The zero-order valence-corrected chi connectivity index (χ0v) is 27.2. The molecule has 0 radical (unpaired) electrons. The van der Waals surface area contributed by atoms with Crippen LogP contribution in [0.1, 0.15) is 36.0 Å². The largest absolute Gasteiger partial charge is 0.497 e. The van der Waals surface area contributed by atoms with Crippen LogP contribution in [0.4, 0.5) is 24.7 Å². The Morgan fingerprint density at radius 1 is 1.02 bits per heavy atom. The predicted octanol–water partition coefficient (Wildman–Crippen LogP) is 9.38. The van der Waals surface area contributed by atoms with Gasteiger partial charge in [-0.1, -0.05) is 41.4 Å². The van der Waals surface area contributed by atoms with Gasteiger partial charge in [-0.25, -0.2) is 9.97 Å². The van der Waals surface area contributed by atoms with Crippen LogP contribution >= 0.6 is 35.1 Å². The molecule has 12 heteroatoms. The van der Waals surface area contributed by atoms with Gasteiger partial charge < -0.3 is 14.4 Å². The van der Waals surface area contributed by atoms with Crippen molar-refractivity contribution < 1.29 is 22.6 Å². The molecule has 0 amide bonds. The maximum Gasteiger partial charge on any atom is 0.416 e. The number of alkyl halides is 3. The van der Waals surface area contributed by atoms with Crippen molar-refractivity contribution in [3.8, 4) is 11.5 Å². The number of benzene rings is 3. The highest BCUT2D eigenvalue weighted by molar-refractivity contribution is 8.00. The lowest BCUT2D eigenvalue weighted by atomic mass is 9.91. The zero-order chi connectivity index (χ0) is 32.0. The summed E-state index contributed by atoms with van der Waals surface area (Å²) in [5.41, 5.74) is 1.94. The minimum atomic E-state index is -4.34. The second kappa shape index (κ2) is 14.8. The first-order chi connectivity index (χ1) is 21.6. The molecular weight excluding hydrogens is 644 g/mol. The third kappa shape index (κ3) is 8.48. The van der Waals surface area contributed by atoms with Crippen molar-refractivity contribution in [2.45, 2.75) is 43.3 Å². The zero-order valence-electron chi connectivity index (χ0n) is 24.9. The lowest BCUT2D eigenvalue weighted by Gasteiger charge is -2.35. The Morgan fingerprint density at radius 3 is 2.51 bits per heavy atom. The summed E-state index contributed by atoms with van der Waals surface area (Å²) in [5.74, 6) is 2.37. The van der Waals surface area contributed by atoms with Crippen LogP contribution < -0.4 is 18.7 Å². The molecule has 3 aromatic carbocycles. The lowest BCUT2D eigenvalue weighted by molar-refractivity contribution is -0.137. The molecule has 4 aromatic rings. The topological polar surface area (TPSA) is 50.7 Å². The molecule has 0 N–H and O–H groups in total. The number of ether oxygens (including phenoxy) is 2. The SMILES string of the molecule is COc1ccc(CN(Sc2c(Cl)cc(N3CCCC(CCc4cccc(C(F)(F)F)c4)C3)cc2Cl)c2ccncn2)c(OC)c1. The van der Waals surface area contributed by atoms with Gasteiger partial charge in [0.2, 0.25) is 0 Å². The molecule has 0 spiro atoms. The van der Waals surface area contributed by atoms with E-state index in [1.54, 1.807) is 26.5 Å². The fraction of sp³-hybridized carbons (Fsp3) is 0.333. The summed E-state index contributed by atoms with van der Waals surface area (Å²) >= 11 is 15.2. The number of aromatic nitrogens is 2. The van der Waals surface area contributed by atoms with E-state index in [-0.39, 0.29) is 0 Å². The molecule has 5 rings (SSSR count). The number of rotatable bonds is 11. The molecule has 1 aromatic heterocycles. The van der Waals surface area contributed by atoms with Crippen molar-refractivity contribution in [2.24, 2.45) is 5.92 Å². The first-order valence-corrected chi connectivity index (χ1v) is 16.0. The van der Waals surface area contributed by atoms with E-state index in [1.165, 1.54) is 30.4 Å². The summed E-state index contributed by atoms with van der Waals surface area (Å²) in [6, 6.07) is 16.9. The number of anilines is 2. The molecule has 0 saturated carbocycles. The van der Waals surface area contributed by atoms with E-state index in [0.29, 0.717) is 56.7 Å². The highest BCUT2D eigenvalue weighted by atomic mass is 35.5. The van der Waals surface area contributed by atoms with Crippen molar-refractivity contribution in [3.63, 3.8) is 0 Å². The van der Waals surface area contributed by atoms with Crippen LogP contribution in [0, 0.1) is 5.92 Å². The first-order valence-electron chi connectivity index (χ1n) is 14.5. The number of nitrogens with zero attached hydrogens (tertiary/aromatic N) is 4. The van der Waals surface area contributed by atoms with Gasteiger partial charge in [-0.3, -0.25) is 4.31 Å². The van der Waals surface area contributed by atoms with Gasteiger partial charge in [-0.15, -0.1) is 0 Å². The van der Waals surface area contributed by atoms with E-state index in [2.05, 4.69) is 14.9 Å². The van der Waals surface area contributed by atoms with Crippen LogP contribution in [0.15, 0.2) is 78.1 Å². The van der Waals surface area contributed by atoms with Gasteiger partial charge in [-0.05, 0) is 85.5 Å². The molecule has 1 saturated heterocycles. The van der Waals surface area contributed by atoms with Crippen LogP contribution in [-0.2, 0) is 19.1 Å². The number of hydrogen-bond donors (Lipinski definition) is 0. The highest BCUT2D eigenvalue weighted by Crippen LogP contribution is 2.42. The van der Waals surface area contributed by atoms with Crippen LogP contribution in [0.5, 0.6) is 11.5 Å². The second-order valence-corrected chi connectivity index (χ2v) is 12.6. The Morgan fingerprint density at radius 2 is 1.82 bits per heavy atom. The summed E-state index contributed by atoms with van der Waals surface area (Å²) in [6.45, 7) is 2.06. The first kappa shape index (κ1) is 33.0. The van der Waals surface area contributed by atoms with Crippen molar-refractivity contribution >= 4 is 46.7 Å². The van der Waals surface area contributed by atoms with Gasteiger partial charge >= 0.3 is 6.18 Å². The Labute approximate surface area is 275 Å². The lowest BCUT2D eigenvalue weighted by Crippen LogP contribution is -2.35. The predicted molar refractivity (Wildman–Crippen MR) is 175 cm³/mol. The van der Waals surface area contributed by atoms with Crippen LogP contribution in [-0.4, -0.2) is 37.3 Å². The Kier molecular flexibility index (Phi) is 10.9. The summed E-state index contributed by atoms with van der Waals surface area (Å²) < 4.78 is 52.4. The minimum Gasteiger partial charge on any atom is -0.497 e. The van der Waals surface area contributed by atoms with Crippen LogP contribution in [0.25, 0.3) is 0 Å². The number of aryl methyl sites for hydroxylation is 1. The van der Waals surface area contributed by atoms with E-state index in [4.69, 9.17) is 32.7 Å². The Bertz CT molecular complexity index is 1570. The quantitative estimate of drug-likeness (QED) is 0.147. The van der Waals surface area contributed by atoms with E-state index in [1.807, 2.05) is 40.7 Å². The van der Waals surface area contributed by atoms with Crippen LogP contribution in [0.2, 0.25) is 10.0 Å². The Hall–Kier alpha value is -3.34. The van der Waals surface area contributed by atoms with E-state index in [9.17, 15) is 13.2 Å². The summed E-state index contributed by atoms with van der Waals surface area (Å²) in [6.07, 6.45) is 2.22. The van der Waals surface area contributed by atoms with Gasteiger partial charge in [0.1, 0.15) is 23.6 Å². The molecule has 1 unspecified atom stereocenters. The van der Waals surface area contributed by atoms with Gasteiger partial charge in [0, 0.05) is 36.6 Å². The molecule has 0 bridgehead atoms. The van der Waals surface area contributed by atoms with E-state index in [0.717, 1.165) is 49.7 Å². The van der Waals surface area contributed by atoms with Gasteiger partial charge in [0.25, 0.3) is 0 Å². The molecule has 1 aliphatic heterocycles. The normalized spacial score (nSPS) is 15.2. The molecule has 1 aliphatic rings. The number of methoxy groups -OCH3 is 2. The van der Waals surface area contributed by atoms with Crippen molar-refractivity contribution in [1.82, 2.24) is 9.97 Å². The highest BCUT2D eigenvalue weighted by Gasteiger charge is 2.30. The average molecular weight is 678 g/mol. The molecule has 238 valence electrons. The Balaban J connectivity index is 1.31. The van der Waals surface area contributed by atoms with Crippen molar-refractivity contribution in [2.75, 3.05) is 36.5 Å². The average Bonchev–Trinajstić information content (AvgIpc) is 3.05. The van der Waals surface area contributed by atoms with Crippen molar-refractivity contribution in [3.05, 3.63) is 99.9 Å². The monoisotopic (exact) mass is 676 g/mol. The second-order valence-electron chi connectivity index (χ2n) is 10.8. The third-order valence-electron chi connectivity index (χ3n) is 7.79. The number of halogens is 5. The standard InChI is InChI=1S/C33H33Cl2F3N4O2S/c1-43-27-11-10-24(30(18-27)44-2)20-42(31-12-13-39-21-40-31)45-32-28(34)16-26(17-29(32)35)41-14-4-6-23(19-41)9-8-22-5-3-7-25(15-22)33(36,37)38/h3,5,7,10-13,15-18,21,23H,4,6,8-9,14,19-20H2,1-2H3. The van der Waals surface area contributed by atoms with Crippen LogP contribution in [0.3, 0.4) is 0 Å². The molecule has 45 heavy (non-hydrogen) atoms. The summed E-state index contributed by atoms with van der Waals surface area (Å²) in [4.78, 5) is 11.5. The molecule has 2 heterocycles. The summed E-state index contributed by atoms with van der Waals surface area (Å²) in [7, 11) is 3.22. The minimum absolute atomic E-state index is 0.340. The maximum absolute atomic E-state index is 13.2. The van der Waals surface area contributed by atoms with E-state index < -0.39 is 11.7 Å². The fourth-order valence-corrected chi connectivity index (χ4v) is 7.06. The van der Waals surface area contributed by atoms with E-state index >= 15 is 0 Å².